The quantitative estimate of drug-likeness (QED) is 0.413. The molecule has 0 aromatic heterocycles. The molecule has 0 heterocycles. The van der Waals surface area contributed by atoms with E-state index in [-0.39, 0.29) is 30.1 Å². The molecule has 1 aromatic rings. The highest BCUT2D eigenvalue weighted by atomic mass is 16.6. The lowest BCUT2D eigenvalue weighted by Crippen LogP contribution is -2.50. The number of nitrogens with one attached hydrogen (secondary N) is 3. The van der Waals surface area contributed by atoms with Gasteiger partial charge in [0, 0.05) is 19.1 Å². The smallest absolute Gasteiger partial charge is 0.407 e. The summed E-state index contributed by atoms with van der Waals surface area (Å²) in [6.07, 6.45) is 0.821. The molecule has 0 aliphatic heterocycles. The lowest BCUT2D eigenvalue weighted by Gasteiger charge is -2.46. The minimum atomic E-state index is -0.569. The number of carbonyl (C=O) groups is 3. The first-order valence-electron chi connectivity index (χ1n) is 10.8. The maximum absolute atomic E-state index is 12.2. The Bertz CT molecular complexity index is 770. The number of benzene rings is 1. The summed E-state index contributed by atoms with van der Waals surface area (Å²) in [6.45, 7) is 7.12. The van der Waals surface area contributed by atoms with Crippen LogP contribution in [0.4, 0.5) is 14.4 Å². The number of carbonyl (C=O) groups excluding carboxylic acids is 3. The maximum atomic E-state index is 12.2. The molecule has 2 rings (SSSR count). The highest BCUT2D eigenvalue weighted by Crippen LogP contribution is 2.45. The molecule has 1 saturated carbocycles. The zero-order valence-electron chi connectivity index (χ0n) is 19.4. The zero-order valence-corrected chi connectivity index (χ0v) is 19.4. The van der Waals surface area contributed by atoms with Crippen molar-refractivity contribution in [2.45, 2.75) is 52.6 Å². The van der Waals surface area contributed by atoms with Gasteiger partial charge in [0.1, 0.15) is 13.2 Å². The molecule has 1 fully saturated rings. The van der Waals surface area contributed by atoms with Crippen molar-refractivity contribution in [1.82, 2.24) is 16.0 Å². The molecule has 9 nitrogen and oxygen atoms in total. The van der Waals surface area contributed by atoms with E-state index in [4.69, 9.17) is 9.47 Å². The van der Waals surface area contributed by atoms with Crippen LogP contribution in [-0.4, -0.2) is 51.2 Å². The Morgan fingerprint density at radius 3 is 2.25 bits per heavy atom. The molecule has 9 heteroatoms. The van der Waals surface area contributed by atoms with Crippen LogP contribution in [0.2, 0.25) is 0 Å². The van der Waals surface area contributed by atoms with Crippen molar-refractivity contribution in [2.24, 2.45) is 10.8 Å². The Balaban J connectivity index is 1.69. The Hall–Kier alpha value is -2.97. The highest BCUT2D eigenvalue weighted by Gasteiger charge is 2.42. The molecule has 1 aliphatic carbocycles. The van der Waals surface area contributed by atoms with Crippen molar-refractivity contribution in [3.05, 3.63) is 35.9 Å². The Morgan fingerprint density at radius 1 is 0.938 bits per heavy atom. The number of hydrogen-bond donors (Lipinski definition) is 3. The molecule has 32 heavy (non-hydrogen) atoms. The number of ether oxygens (including phenoxy) is 3. The molecule has 0 saturated heterocycles. The molecule has 2 unspecified atom stereocenters. The van der Waals surface area contributed by atoms with Gasteiger partial charge in [-0.05, 0) is 35.7 Å². The van der Waals surface area contributed by atoms with E-state index in [0.29, 0.717) is 19.5 Å². The van der Waals surface area contributed by atoms with E-state index in [1.807, 2.05) is 30.3 Å². The normalized spacial score (nSPS) is 21.7. The van der Waals surface area contributed by atoms with Crippen LogP contribution in [0.5, 0.6) is 0 Å². The summed E-state index contributed by atoms with van der Waals surface area (Å²) in [6, 6.07) is 9.39. The SMILES string of the molecule is COC(=O)NCC1(C)CC(NC(=O)OCCOC(=O)NCc2ccccc2)CC(C)(C)C1. The average Bonchev–Trinajstić information content (AvgIpc) is 2.73. The second-order valence-electron chi connectivity index (χ2n) is 9.36. The summed E-state index contributed by atoms with van der Waals surface area (Å²) in [7, 11) is 1.33. The van der Waals surface area contributed by atoms with Gasteiger partial charge in [0.25, 0.3) is 0 Å². The van der Waals surface area contributed by atoms with Gasteiger partial charge in [0.05, 0.1) is 7.11 Å². The largest absolute Gasteiger partial charge is 0.453 e. The number of alkyl carbamates (subject to hydrolysis) is 3. The summed E-state index contributed by atoms with van der Waals surface area (Å²) in [5, 5.41) is 8.31. The van der Waals surface area contributed by atoms with E-state index >= 15 is 0 Å². The van der Waals surface area contributed by atoms with Crippen LogP contribution < -0.4 is 16.0 Å². The fourth-order valence-electron chi connectivity index (χ4n) is 4.53. The molecule has 3 N–H and O–H groups in total. The van der Waals surface area contributed by atoms with Gasteiger partial charge >= 0.3 is 18.3 Å². The third kappa shape index (κ3) is 9.03. The van der Waals surface area contributed by atoms with Gasteiger partial charge in [-0.25, -0.2) is 14.4 Å². The van der Waals surface area contributed by atoms with Crippen molar-refractivity contribution in [1.29, 1.82) is 0 Å². The van der Waals surface area contributed by atoms with Crippen molar-refractivity contribution in [3.63, 3.8) is 0 Å². The summed E-state index contributed by atoms with van der Waals surface area (Å²) in [4.78, 5) is 35.4. The predicted molar refractivity (Wildman–Crippen MR) is 119 cm³/mol. The highest BCUT2D eigenvalue weighted by molar-refractivity contribution is 5.68. The van der Waals surface area contributed by atoms with Crippen molar-refractivity contribution < 1.29 is 28.6 Å². The van der Waals surface area contributed by atoms with Crippen LogP contribution in [-0.2, 0) is 20.8 Å². The lowest BCUT2D eigenvalue weighted by molar-refractivity contribution is 0.0590. The van der Waals surface area contributed by atoms with E-state index in [1.165, 1.54) is 7.11 Å². The Labute approximate surface area is 189 Å². The molecule has 3 amide bonds. The maximum Gasteiger partial charge on any atom is 0.407 e. The number of methoxy groups -OCH3 is 1. The topological polar surface area (TPSA) is 115 Å². The van der Waals surface area contributed by atoms with Gasteiger partial charge in [0.2, 0.25) is 0 Å². The number of amides is 3. The van der Waals surface area contributed by atoms with E-state index in [0.717, 1.165) is 18.4 Å². The molecule has 1 aromatic carbocycles. The molecule has 2 atom stereocenters. The van der Waals surface area contributed by atoms with E-state index in [9.17, 15) is 14.4 Å². The monoisotopic (exact) mass is 449 g/mol. The number of hydrogen-bond acceptors (Lipinski definition) is 6. The molecule has 0 spiro atoms. The van der Waals surface area contributed by atoms with Gasteiger partial charge < -0.3 is 30.2 Å². The molecule has 178 valence electrons. The lowest BCUT2D eigenvalue weighted by atomic mass is 9.62. The summed E-state index contributed by atoms with van der Waals surface area (Å²) in [5.41, 5.74) is 0.764. The van der Waals surface area contributed by atoms with Crippen LogP contribution in [0.25, 0.3) is 0 Å². The average molecular weight is 450 g/mol. The van der Waals surface area contributed by atoms with Crippen LogP contribution >= 0.6 is 0 Å². The van der Waals surface area contributed by atoms with Crippen LogP contribution in [0.15, 0.2) is 30.3 Å². The summed E-state index contributed by atoms with van der Waals surface area (Å²) in [5.74, 6) is 0. The first-order valence-corrected chi connectivity index (χ1v) is 10.8. The summed E-state index contributed by atoms with van der Waals surface area (Å²) < 4.78 is 14.9. The van der Waals surface area contributed by atoms with E-state index < -0.39 is 18.3 Å². The van der Waals surface area contributed by atoms with Gasteiger partial charge in [-0.2, -0.15) is 0 Å². The van der Waals surface area contributed by atoms with Crippen LogP contribution in [0, 0.1) is 10.8 Å². The molecular formula is C23H35N3O6. The van der Waals surface area contributed by atoms with E-state index in [1.54, 1.807) is 0 Å². The van der Waals surface area contributed by atoms with Gasteiger partial charge in [-0.15, -0.1) is 0 Å². The molecule has 0 bridgehead atoms. The predicted octanol–water partition coefficient (Wildman–Crippen LogP) is 3.58. The Kier molecular flexibility index (Phi) is 9.16. The molecule has 1 aliphatic rings. The second kappa shape index (κ2) is 11.6. The second-order valence-corrected chi connectivity index (χ2v) is 9.36. The fraction of sp³-hybridized carbons (Fsp3) is 0.609. The molecule has 0 radical (unpaired) electrons. The number of rotatable bonds is 8. The van der Waals surface area contributed by atoms with Crippen molar-refractivity contribution in [3.8, 4) is 0 Å². The van der Waals surface area contributed by atoms with Gasteiger partial charge in [-0.1, -0.05) is 51.1 Å². The van der Waals surface area contributed by atoms with Crippen molar-refractivity contribution in [2.75, 3.05) is 26.9 Å². The standard InChI is InChI=1S/C23H35N3O6/c1-22(2)12-18(13-23(3,15-22)16-25-19(27)30-4)26-21(29)32-11-10-31-20(28)24-14-17-8-6-5-7-9-17/h5-9,18H,10-16H2,1-4H3,(H,24,28)(H,25,27)(H,26,29). The third-order valence-corrected chi connectivity index (χ3v) is 5.44. The van der Waals surface area contributed by atoms with Crippen LogP contribution in [0.3, 0.4) is 0 Å². The third-order valence-electron chi connectivity index (χ3n) is 5.44. The molecular weight excluding hydrogens is 414 g/mol. The zero-order chi connectivity index (χ0) is 23.6. The minimum Gasteiger partial charge on any atom is -0.453 e. The summed E-state index contributed by atoms with van der Waals surface area (Å²) >= 11 is 0. The first-order chi connectivity index (χ1) is 15.1. The van der Waals surface area contributed by atoms with Gasteiger partial charge in [0.15, 0.2) is 0 Å². The van der Waals surface area contributed by atoms with Gasteiger partial charge in [-0.3, -0.25) is 0 Å². The van der Waals surface area contributed by atoms with Crippen molar-refractivity contribution >= 4 is 18.3 Å². The minimum absolute atomic E-state index is 0.0112. The Morgan fingerprint density at radius 2 is 1.59 bits per heavy atom. The fourth-order valence-corrected chi connectivity index (χ4v) is 4.53. The van der Waals surface area contributed by atoms with Crippen LogP contribution in [0.1, 0.15) is 45.6 Å². The first kappa shape index (κ1) is 25.3. The van der Waals surface area contributed by atoms with E-state index in [2.05, 4.69) is 41.5 Å².